The Morgan fingerprint density at radius 3 is 2.32 bits per heavy atom. The van der Waals surface area contributed by atoms with Crippen molar-refractivity contribution < 1.29 is 14.3 Å². The Hall–Kier alpha value is -1.79. The molecule has 25 heavy (non-hydrogen) atoms. The molecule has 1 aliphatic rings. The van der Waals surface area contributed by atoms with Gasteiger partial charge in [0.05, 0.1) is 11.7 Å². The number of ether oxygens (including phenoxy) is 2. The van der Waals surface area contributed by atoms with Gasteiger partial charge in [-0.3, -0.25) is 4.79 Å². The minimum atomic E-state index is -0.187. The van der Waals surface area contributed by atoms with Crippen molar-refractivity contribution in [1.82, 2.24) is 0 Å². The number of carbonyl (C=O) groups excluding carboxylic acids is 1. The highest BCUT2D eigenvalue weighted by molar-refractivity contribution is 8.16. The van der Waals surface area contributed by atoms with Crippen molar-refractivity contribution in [3.63, 3.8) is 0 Å². The van der Waals surface area contributed by atoms with Gasteiger partial charge in [-0.25, -0.2) is 0 Å². The molecule has 1 amide bonds. The Kier molecular flexibility index (Phi) is 6.53. The highest BCUT2D eigenvalue weighted by Gasteiger charge is 2.16. The minimum Gasteiger partial charge on any atom is -0.497 e. The fourth-order valence-electron chi connectivity index (χ4n) is 2.42. The maximum Gasteiger partial charge on any atom is 0.262 e. The van der Waals surface area contributed by atoms with Crippen LogP contribution in [0.1, 0.15) is 16.6 Å². The van der Waals surface area contributed by atoms with E-state index in [2.05, 4.69) is 17.4 Å². The first-order valence-electron chi connectivity index (χ1n) is 8.14. The zero-order valence-electron chi connectivity index (χ0n) is 14.1. The van der Waals surface area contributed by atoms with Crippen molar-refractivity contribution in [2.75, 3.05) is 30.5 Å². The number of nitrogens with one attached hydrogen (secondary N) is 1. The minimum absolute atomic E-state index is 0.0156. The van der Waals surface area contributed by atoms with E-state index in [4.69, 9.17) is 9.47 Å². The molecule has 0 aromatic heterocycles. The SMILES string of the molecule is COc1ccc(NC(=O)COc2ccc(C3SCCCS3)cc2)cc1. The molecule has 1 N–H and O–H groups in total. The lowest BCUT2D eigenvalue weighted by Crippen LogP contribution is -2.20. The van der Waals surface area contributed by atoms with Gasteiger partial charge in [0.25, 0.3) is 5.91 Å². The quantitative estimate of drug-likeness (QED) is 0.801. The Labute approximate surface area is 156 Å². The van der Waals surface area contributed by atoms with E-state index >= 15 is 0 Å². The Morgan fingerprint density at radius 1 is 1.04 bits per heavy atom. The summed E-state index contributed by atoms with van der Waals surface area (Å²) < 4.78 is 11.2. The molecule has 0 spiro atoms. The average Bonchev–Trinajstić information content (AvgIpc) is 2.68. The summed E-state index contributed by atoms with van der Waals surface area (Å²) in [7, 11) is 1.61. The van der Waals surface area contributed by atoms with Gasteiger partial charge in [-0.15, -0.1) is 23.5 Å². The summed E-state index contributed by atoms with van der Waals surface area (Å²) in [6.07, 6.45) is 1.29. The Bertz CT molecular complexity index is 683. The third kappa shape index (κ3) is 5.34. The number of amides is 1. The second-order valence-corrected chi connectivity index (χ2v) is 8.29. The van der Waals surface area contributed by atoms with Gasteiger partial charge in [-0.05, 0) is 59.9 Å². The van der Waals surface area contributed by atoms with Crippen LogP contribution >= 0.6 is 23.5 Å². The van der Waals surface area contributed by atoms with Gasteiger partial charge in [0.2, 0.25) is 0 Å². The smallest absolute Gasteiger partial charge is 0.262 e. The van der Waals surface area contributed by atoms with Crippen LogP contribution in [0.2, 0.25) is 0 Å². The number of hydrogen-bond donors (Lipinski definition) is 1. The van der Waals surface area contributed by atoms with Gasteiger partial charge in [0, 0.05) is 5.69 Å². The summed E-state index contributed by atoms with van der Waals surface area (Å²) in [5.41, 5.74) is 2.03. The molecule has 6 heteroatoms. The van der Waals surface area contributed by atoms with Crippen LogP contribution < -0.4 is 14.8 Å². The Morgan fingerprint density at radius 2 is 1.68 bits per heavy atom. The molecule has 0 atom stereocenters. The third-order valence-corrected chi connectivity index (χ3v) is 6.74. The van der Waals surface area contributed by atoms with Crippen molar-refractivity contribution in [3.8, 4) is 11.5 Å². The third-order valence-electron chi connectivity index (χ3n) is 3.72. The summed E-state index contributed by atoms with van der Waals surface area (Å²) in [5, 5.41) is 2.80. The zero-order valence-corrected chi connectivity index (χ0v) is 15.7. The topological polar surface area (TPSA) is 47.6 Å². The molecule has 4 nitrogen and oxygen atoms in total. The number of rotatable bonds is 6. The van der Waals surface area contributed by atoms with Gasteiger partial charge < -0.3 is 14.8 Å². The number of carbonyl (C=O) groups is 1. The number of anilines is 1. The normalized spacial score (nSPS) is 14.8. The molecule has 0 saturated carbocycles. The lowest BCUT2D eigenvalue weighted by atomic mass is 10.2. The number of benzene rings is 2. The van der Waals surface area contributed by atoms with E-state index in [0.29, 0.717) is 10.3 Å². The summed E-state index contributed by atoms with van der Waals surface area (Å²) in [6, 6.07) is 15.2. The number of methoxy groups -OCH3 is 1. The van der Waals surface area contributed by atoms with Gasteiger partial charge in [0.1, 0.15) is 11.5 Å². The fourth-order valence-corrected chi connectivity index (χ4v) is 5.32. The first kappa shape index (κ1) is 18.0. The van der Waals surface area contributed by atoms with E-state index in [1.165, 1.54) is 23.5 Å². The van der Waals surface area contributed by atoms with Crippen LogP contribution in [-0.2, 0) is 4.79 Å². The number of thioether (sulfide) groups is 2. The summed E-state index contributed by atoms with van der Waals surface area (Å²) >= 11 is 3.99. The molecule has 0 aliphatic carbocycles. The molecule has 0 bridgehead atoms. The van der Waals surface area contributed by atoms with E-state index in [9.17, 15) is 4.79 Å². The molecular formula is C19H21NO3S2. The van der Waals surface area contributed by atoms with E-state index in [1.807, 2.05) is 35.7 Å². The largest absolute Gasteiger partial charge is 0.497 e. The monoisotopic (exact) mass is 375 g/mol. The molecule has 2 aromatic carbocycles. The maximum atomic E-state index is 12.0. The van der Waals surface area contributed by atoms with Crippen LogP contribution in [0, 0.1) is 0 Å². The molecular weight excluding hydrogens is 354 g/mol. The highest BCUT2D eigenvalue weighted by Crippen LogP contribution is 2.43. The van der Waals surface area contributed by atoms with Crippen LogP contribution in [0.15, 0.2) is 48.5 Å². The zero-order chi connectivity index (χ0) is 17.5. The lowest BCUT2D eigenvalue weighted by Gasteiger charge is -2.21. The molecule has 3 rings (SSSR count). The lowest BCUT2D eigenvalue weighted by molar-refractivity contribution is -0.118. The van der Waals surface area contributed by atoms with Crippen molar-refractivity contribution in [2.24, 2.45) is 0 Å². The molecule has 1 saturated heterocycles. The van der Waals surface area contributed by atoms with Crippen LogP contribution in [0.3, 0.4) is 0 Å². The van der Waals surface area contributed by atoms with Crippen molar-refractivity contribution in [2.45, 2.75) is 11.0 Å². The van der Waals surface area contributed by atoms with Crippen LogP contribution in [-0.4, -0.2) is 31.1 Å². The first-order chi connectivity index (χ1) is 12.2. The molecule has 1 fully saturated rings. The van der Waals surface area contributed by atoms with E-state index in [1.54, 1.807) is 31.4 Å². The molecule has 2 aromatic rings. The van der Waals surface area contributed by atoms with Crippen molar-refractivity contribution in [1.29, 1.82) is 0 Å². The van der Waals surface area contributed by atoms with Gasteiger partial charge >= 0.3 is 0 Å². The summed E-state index contributed by atoms with van der Waals surface area (Å²) in [5.74, 6) is 3.72. The molecule has 132 valence electrons. The molecule has 1 aliphatic heterocycles. The van der Waals surface area contributed by atoms with Gasteiger partial charge in [-0.2, -0.15) is 0 Å². The predicted molar refractivity (Wildman–Crippen MR) is 106 cm³/mol. The summed E-state index contributed by atoms with van der Waals surface area (Å²) in [6.45, 7) is -0.0156. The van der Waals surface area contributed by atoms with E-state index < -0.39 is 0 Å². The highest BCUT2D eigenvalue weighted by atomic mass is 32.2. The van der Waals surface area contributed by atoms with Gasteiger partial charge in [0.15, 0.2) is 6.61 Å². The number of hydrogen-bond acceptors (Lipinski definition) is 5. The van der Waals surface area contributed by atoms with E-state index in [0.717, 1.165) is 11.4 Å². The first-order valence-corrected chi connectivity index (χ1v) is 10.2. The van der Waals surface area contributed by atoms with Crippen LogP contribution in [0.25, 0.3) is 0 Å². The average molecular weight is 376 g/mol. The molecule has 0 radical (unpaired) electrons. The standard InChI is InChI=1S/C19H21NO3S2/c1-22-16-9-5-15(6-10-16)20-18(21)13-23-17-7-3-14(4-8-17)19-24-11-2-12-25-19/h3-10,19H,2,11-13H2,1H3,(H,20,21). The predicted octanol–water partition coefficient (Wildman–Crippen LogP) is 4.58. The van der Waals surface area contributed by atoms with Crippen LogP contribution in [0.4, 0.5) is 5.69 Å². The second kappa shape index (κ2) is 9.06. The maximum absolute atomic E-state index is 12.0. The van der Waals surface area contributed by atoms with E-state index in [-0.39, 0.29) is 12.5 Å². The van der Waals surface area contributed by atoms with Crippen molar-refractivity contribution >= 4 is 35.1 Å². The molecule has 1 heterocycles. The van der Waals surface area contributed by atoms with Gasteiger partial charge in [-0.1, -0.05) is 12.1 Å². The fraction of sp³-hybridized carbons (Fsp3) is 0.316. The van der Waals surface area contributed by atoms with Crippen molar-refractivity contribution in [3.05, 3.63) is 54.1 Å². The Balaban J connectivity index is 1.47. The second-order valence-electron chi connectivity index (χ2n) is 5.56. The van der Waals surface area contributed by atoms with Crippen LogP contribution in [0.5, 0.6) is 11.5 Å². The molecule has 0 unspecified atom stereocenters. The summed E-state index contributed by atoms with van der Waals surface area (Å²) in [4.78, 5) is 12.0.